The molecule has 1 aliphatic carbocycles. The Balaban J connectivity index is 0.000000232. The molecule has 1 aliphatic rings. The number of nitrogens with zero attached hydrogens (tertiary/aromatic N) is 2. The standard InChI is InChI=1S/C18H20.C4H4N2.C3H5N/c1-4-10-16(11-5-1)18(14-8-3-9-15-18)17-12-6-2-7-13-17;1-2-5-4-6-3-1;1-2-3-4/h1-2,4-7,10-13H,3,8-9,14-15H2;1-4H;2-4H,1H2. The van der Waals surface area contributed by atoms with Crippen molar-refractivity contribution in [3.05, 3.63) is 109 Å². The second-order valence-corrected chi connectivity index (χ2v) is 6.68. The van der Waals surface area contributed by atoms with Crippen LogP contribution in [0.3, 0.4) is 0 Å². The van der Waals surface area contributed by atoms with E-state index in [0.717, 1.165) is 6.21 Å². The monoisotopic (exact) mass is 371 g/mol. The lowest BCUT2D eigenvalue weighted by molar-refractivity contribution is 0.346. The van der Waals surface area contributed by atoms with Crippen LogP contribution in [0.5, 0.6) is 0 Å². The molecule has 2 aromatic carbocycles. The lowest BCUT2D eigenvalue weighted by Crippen LogP contribution is -2.30. The van der Waals surface area contributed by atoms with Crippen LogP contribution in [0.4, 0.5) is 0 Å². The summed E-state index contributed by atoms with van der Waals surface area (Å²) in [6.45, 7) is 3.24. The van der Waals surface area contributed by atoms with E-state index in [-0.39, 0.29) is 5.41 Å². The van der Waals surface area contributed by atoms with Gasteiger partial charge in [-0.05, 0) is 30.0 Å². The molecule has 0 aliphatic heterocycles. The van der Waals surface area contributed by atoms with Gasteiger partial charge in [-0.3, -0.25) is 0 Å². The van der Waals surface area contributed by atoms with Gasteiger partial charge in [-0.15, -0.1) is 0 Å². The summed E-state index contributed by atoms with van der Waals surface area (Å²) < 4.78 is 0. The Kier molecular flexibility index (Phi) is 9.36. The molecule has 0 saturated heterocycles. The van der Waals surface area contributed by atoms with Crippen molar-refractivity contribution in [2.75, 3.05) is 0 Å². The Morgan fingerprint density at radius 3 is 1.54 bits per heavy atom. The minimum atomic E-state index is 0.265. The second-order valence-electron chi connectivity index (χ2n) is 6.68. The average molecular weight is 372 g/mol. The molecule has 0 unspecified atom stereocenters. The Labute approximate surface area is 168 Å². The fourth-order valence-corrected chi connectivity index (χ4v) is 3.67. The van der Waals surface area contributed by atoms with Crippen molar-refractivity contribution in [2.24, 2.45) is 0 Å². The highest BCUT2D eigenvalue weighted by Crippen LogP contribution is 2.44. The summed E-state index contributed by atoms with van der Waals surface area (Å²) in [4.78, 5) is 7.35. The van der Waals surface area contributed by atoms with E-state index in [9.17, 15) is 0 Å². The molecule has 3 aromatic rings. The quantitative estimate of drug-likeness (QED) is 0.554. The predicted octanol–water partition coefficient (Wildman–Crippen LogP) is 6.24. The summed E-state index contributed by atoms with van der Waals surface area (Å²) >= 11 is 0. The van der Waals surface area contributed by atoms with Gasteiger partial charge < -0.3 is 5.41 Å². The highest BCUT2D eigenvalue weighted by molar-refractivity contribution is 5.66. The Morgan fingerprint density at radius 2 is 1.21 bits per heavy atom. The van der Waals surface area contributed by atoms with Gasteiger partial charge >= 0.3 is 0 Å². The summed E-state index contributed by atoms with van der Waals surface area (Å²) in [5.41, 5.74) is 3.26. The summed E-state index contributed by atoms with van der Waals surface area (Å²) in [5.74, 6) is 0. The molecule has 4 rings (SSSR count). The number of allylic oxidation sites excluding steroid dienone is 1. The van der Waals surface area contributed by atoms with Gasteiger partial charge in [-0.2, -0.15) is 0 Å². The van der Waals surface area contributed by atoms with Gasteiger partial charge in [0, 0.05) is 24.0 Å². The van der Waals surface area contributed by atoms with Crippen LogP contribution in [-0.2, 0) is 5.41 Å². The first-order chi connectivity index (χ1) is 13.8. The van der Waals surface area contributed by atoms with Crippen LogP contribution in [-0.4, -0.2) is 16.2 Å². The Hall–Kier alpha value is -3.07. The van der Waals surface area contributed by atoms with E-state index >= 15 is 0 Å². The molecule has 1 fully saturated rings. The first-order valence-electron chi connectivity index (χ1n) is 9.76. The Morgan fingerprint density at radius 1 is 0.750 bits per heavy atom. The van der Waals surface area contributed by atoms with Crippen LogP contribution < -0.4 is 0 Å². The maximum atomic E-state index is 6.21. The van der Waals surface area contributed by atoms with Crippen LogP contribution in [0.1, 0.15) is 43.2 Å². The number of hydrogen-bond donors (Lipinski definition) is 1. The maximum absolute atomic E-state index is 6.21. The summed E-state index contributed by atoms with van der Waals surface area (Å²) in [6, 6.07) is 23.9. The van der Waals surface area contributed by atoms with E-state index in [2.05, 4.69) is 77.2 Å². The van der Waals surface area contributed by atoms with Gasteiger partial charge in [0.1, 0.15) is 6.33 Å². The van der Waals surface area contributed by atoms with Crippen LogP contribution in [0.15, 0.2) is 98.1 Å². The zero-order valence-corrected chi connectivity index (χ0v) is 16.4. The van der Waals surface area contributed by atoms with E-state index < -0.39 is 0 Å². The SMILES string of the molecule is C=CC=N.c1ccc(C2(c3ccccc3)CCCCC2)cc1.c1cncnc1. The minimum absolute atomic E-state index is 0.265. The van der Waals surface area contributed by atoms with Crippen molar-refractivity contribution < 1.29 is 0 Å². The first-order valence-corrected chi connectivity index (χ1v) is 9.76. The zero-order chi connectivity index (χ0) is 19.9. The molecule has 144 valence electrons. The van der Waals surface area contributed by atoms with Crippen molar-refractivity contribution in [3.8, 4) is 0 Å². The molecule has 1 aromatic heterocycles. The molecule has 3 heteroatoms. The molecule has 0 spiro atoms. The molecule has 1 saturated carbocycles. The normalized spacial score (nSPS) is 14.3. The third-order valence-corrected chi connectivity index (χ3v) is 4.96. The molecule has 0 radical (unpaired) electrons. The van der Waals surface area contributed by atoms with E-state index in [1.54, 1.807) is 18.5 Å². The van der Waals surface area contributed by atoms with Gasteiger partial charge in [0.2, 0.25) is 0 Å². The molecule has 28 heavy (non-hydrogen) atoms. The second kappa shape index (κ2) is 12.3. The van der Waals surface area contributed by atoms with Crippen molar-refractivity contribution in [2.45, 2.75) is 37.5 Å². The lowest BCUT2D eigenvalue weighted by atomic mass is 9.65. The predicted molar refractivity (Wildman–Crippen MR) is 118 cm³/mol. The van der Waals surface area contributed by atoms with E-state index in [1.165, 1.54) is 55.6 Å². The molecule has 3 nitrogen and oxygen atoms in total. The minimum Gasteiger partial charge on any atom is -0.309 e. The highest BCUT2D eigenvalue weighted by Gasteiger charge is 2.35. The summed E-state index contributed by atoms with van der Waals surface area (Å²) in [7, 11) is 0. The van der Waals surface area contributed by atoms with E-state index in [1.807, 2.05) is 0 Å². The van der Waals surface area contributed by atoms with E-state index in [0.29, 0.717) is 0 Å². The van der Waals surface area contributed by atoms with Crippen molar-refractivity contribution in [1.82, 2.24) is 9.97 Å². The Bertz CT molecular complexity index is 706. The largest absolute Gasteiger partial charge is 0.309 e. The van der Waals surface area contributed by atoms with Gasteiger partial charge in [-0.25, -0.2) is 9.97 Å². The fourth-order valence-electron chi connectivity index (χ4n) is 3.67. The zero-order valence-electron chi connectivity index (χ0n) is 16.4. The van der Waals surface area contributed by atoms with Gasteiger partial charge in [-0.1, -0.05) is 92.6 Å². The molecule has 1 N–H and O–H groups in total. The van der Waals surface area contributed by atoms with Crippen molar-refractivity contribution in [1.29, 1.82) is 5.41 Å². The maximum Gasteiger partial charge on any atom is 0.115 e. The van der Waals surface area contributed by atoms with Crippen LogP contribution in [0.2, 0.25) is 0 Å². The van der Waals surface area contributed by atoms with E-state index in [4.69, 9.17) is 5.41 Å². The van der Waals surface area contributed by atoms with Crippen LogP contribution >= 0.6 is 0 Å². The third-order valence-electron chi connectivity index (χ3n) is 4.96. The average Bonchev–Trinajstić information content (AvgIpc) is 2.82. The number of hydrogen-bond acceptors (Lipinski definition) is 3. The molecular weight excluding hydrogens is 342 g/mol. The lowest BCUT2D eigenvalue weighted by Gasteiger charge is -2.38. The number of benzene rings is 2. The number of aromatic nitrogens is 2. The van der Waals surface area contributed by atoms with Crippen LogP contribution in [0.25, 0.3) is 0 Å². The highest BCUT2D eigenvalue weighted by atomic mass is 14.8. The molecular formula is C25H29N3. The topological polar surface area (TPSA) is 49.6 Å². The van der Waals surface area contributed by atoms with Gasteiger partial charge in [0.05, 0.1) is 0 Å². The molecule has 0 amide bonds. The van der Waals surface area contributed by atoms with Gasteiger partial charge in [0.15, 0.2) is 0 Å². The molecule has 0 bridgehead atoms. The fraction of sp³-hybridized carbons (Fsp3) is 0.240. The smallest absolute Gasteiger partial charge is 0.115 e. The molecule has 0 atom stereocenters. The summed E-state index contributed by atoms with van der Waals surface area (Å²) in [6.07, 6.45) is 14.1. The number of nitrogens with one attached hydrogen (secondary N) is 1. The first kappa shape index (κ1) is 21.2. The van der Waals surface area contributed by atoms with Crippen LogP contribution in [0, 0.1) is 5.41 Å². The molecule has 1 heterocycles. The van der Waals surface area contributed by atoms with Crippen molar-refractivity contribution >= 4 is 6.21 Å². The summed E-state index contributed by atoms with van der Waals surface area (Å²) in [5, 5.41) is 6.21. The third kappa shape index (κ3) is 6.27. The number of rotatable bonds is 3. The van der Waals surface area contributed by atoms with Gasteiger partial charge in [0.25, 0.3) is 0 Å². The van der Waals surface area contributed by atoms with Crippen molar-refractivity contribution in [3.63, 3.8) is 0 Å².